The Bertz CT molecular complexity index is 2850. The maximum Gasteiger partial charge on any atom is 0.0543 e. The minimum absolute atomic E-state index is 0.114. The molecule has 0 amide bonds. The van der Waals surface area contributed by atoms with Gasteiger partial charge in [0.2, 0.25) is 0 Å². The molecule has 3 aliphatic carbocycles. The van der Waals surface area contributed by atoms with Crippen molar-refractivity contribution in [1.29, 1.82) is 0 Å². The normalized spacial score (nSPS) is 18.2. The lowest BCUT2D eigenvalue weighted by Crippen LogP contribution is -2.34. The first-order chi connectivity index (χ1) is 29.5. The number of benzene rings is 7. The van der Waals surface area contributed by atoms with Gasteiger partial charge in [0.05, 0.1) is 5.69 Å². The van der Waals surface area contributed by atoms with Gasteiger partial charge in [-0.15, -0.1) is 0 Å². The molecule has 0 saturated carbocycles. The number of rotatable bonds is 6. The van der Waals surface area contributed by atoms with Crippen molar-refractivity contribution in [3.8, 4) is 44.5 Å². The fraction of sp³-hybridized carbons (Fsp3) is 0.311. The maximum absolute atomic E-state index is 2.50. The molecule has 0 radical (unpaired) electrons. The molecule has 0 fully saturated rings. The summed E-state index contributed by atoms with van der Waals surface area (Å²) >= 11 is 0. The third-order valence-corrected chi connectivity index (χ3v) is 15.6. The van der Waals surface area contributed by atoms with Crippen molar-refractivity contribution in [2.75, 3.05) is 4.90 Å². The van der Waals surface area contributed by atoms with Crippen LogP contribution in [0.3, 0.4) is 0 Å². The third-order valence-electron chi connectivity index (χ3n) is 15.6. The lowest BCUT2D eigenvalue weighted by Gasteiger charge is -2.43. The zero-order valence-corrected chi connectivity index (χ0v) is 38.7. The maximum atomic E-state index is 2.50. The summed E-state index contributed by atoms with van der Waals surface area (Å²) in [5.74, 6) is 0. The van der Waals surface area contributed by atoms with Gasteiger partial charge in [-0.05, 0) is 156 Å². The summed E-state index contributed by atoms with van der Waals surface area (Å²) in [4.78, 5) is 2.49. The molecule has 7 aromatic carbocycles. The summed E-state index contributed by atoms with van der Waals surface area (Å²) in [5, 5.41) is 0. The minimum Gasteiger partial charge on any atom is -0.310 e. The molecule has 7 aromatic rings. The summed E-state index contributed by atoms with van der Waals surface area (Å²) in [7, 11) is 0. The van der Waals surface area contributed by atoms with Crippen LogP contribution < -0.4 is 4.90 Å². The standard InChI is InChI=1S/C61H63N/c1-57(2)33-34-59(5,6)54-37-43(29-32-51(54)57)40-23-25-42(26-24-40)48-38-49-47-19-14-15-21-50(47)61(9,10)53(49)39-55(48)62(44-17-12-11-13-18-44)45-30-27-41(28-31-45)46-20-16-22-52-56(46)60(7,8)36-35-58(52,3)4/h11-32,37-39H,33-36H2,1-10H3. The van der Waals surface area contributed by atoms with Gasteiger partial charge in [-0.1, -0.05) is 184 Å². The molecule has 0 aliphatic heterocycles. The number of para-hydroxylation sites is 1. The number of hydrogen-bond acceptors (Lipinski definition) is 1. The van der Waals surface area contributed by atoms with Gasteiger partial charge in [0.1, 0.15) is 0 Å². The Balaban J connectivity index is 1.13. The van der Waals surface area contributed by atoms with Crippen molar-refractivity contribution in [3.05, 3.63) is 185 Å². The number of anilines is 3. The fourth-order valence-corrected chi connectivity index (χ4v) is 11.5. The van der Waals surface area contributed by atoms with E-state index in [2.05, 4.69) is 226 Å². The second-order valence-electron chi connectivity index (χ2n) is 21.9. The predicted octanol–water partition coefficient (Wildman–Crippen LogP) is 17.2. The molecule has 10 rings (SSSR count). The van der Waals surface area contributed by atoms with Crippen molar-refractivity contribution < 1.29 is 0 Å². The van der Waals surface area contributed by atoms with Gasteiger partial charge in [0, 0.05) is 22.4 Å². The van der Waals surface area contributed by atoms with Crippen LogP contribution in [0, 0.1) is 0 Å². The first-order valence-corrected chi connectivity index (χ1v) is 23.1. The van der Waals surface area contributed by atoms with E-state index in [-0.39, 0.29) is 27.1 Å². The summed E-state index contributed by atoms with van der Waals surface area (Å²) in [6.07, 6.45) is 4.83. The van der Waals surface area contributed by atoms with Crippen LogP contribution in [0.1, 0.15) is 128 Å². The van der Waals surface area contributed by atoms with Crippen LogP contribution in [0.5, 0.6) is 0 Å². The summed E-state index contributed by atoms with van der Waals surface area (Å²) in [6, 6.07) is 58.0. The predicted molar refractivity (Wildman–Crippen MR) is 266 cm³/mol. The molecule has 0 unspecified atom stereocenters. The van der Waals surface area contributed by atoms with Crippen molar-refractivity contribution in [2.24, 2.45) is 0 Å². The molecule has 1 heteroatoms. The van der Waals surface area contributed by atoms with Crippen LogP contribution in [-0.2, 0) is 27.1 Å². The Hall–Kier alpha value is -5.66. The molecule has 0 heterocycles. The van der Waals surface area contributed by atoms with E-state index in [1.807, 2.05) is 0 Å². The van der Waals surface area contributed by atoms with E-state index >= 15 is 0 Å². The minimum atomic E-state index is -0.142. The quantitative estimate of drug-likeness (QED) is 0.162. The van der Waals surface area contributed by atoms with E-state index in [4.69, 9.17) is 0 Å². The van der Waals surface area contributed by atoms with Crippen LogP contribution >= 0.6 is 0 Å². The molecule has 1 nitrogen and oxygen atoms in total. The van der Waals surface area contributed by atoms with Crippen LogP contribution in [-0.4, -0.2) is 0 Å². The van der Waals surface area contributed by atoms with E-state index in [1.165, 1.54) is 109 Å². The topological polar surface area (TPSA) is 3.24 Å². The molecule has 0 saturated heterocycles. The Morgan fingerprint density at radius 1 is 0.323 bits per heavy atom. The first-order valence-electron chi connectivity index (χ1n) is 23.1. The van der Waals surface area contributed by atoms with Crippen molar-refractivity contribution >= 4 is 17.1 Å². The molecule has 0 bridgehead atoms. The smallest absolute Gasteiger partial charge is 0.0543 e. The number of fused-ring (bicyclic) bond motifs is 5. The largest absolute Gasteiger partial charge is 0.310 e. The number of hydrogen-bond donors (Lipinski definition) is 0. The Kier molecular flexibility index (Phi) is 9.24. The third kappa shape index (κ3) is 6.49. The lowest BCUT2D eigenvalue weighted by atomic mass is 9.61. The Labute approximate surface area is 371 Å². The van der Waals surface area contributed by atoms with Gasteiger partial charge < -0.3 is 4.90 Å². The van der Waals surface area contributed by atoms with Crippen LogP contribution in [0.15, 0.2) is 152 Å². The second-order valence-corrected chi connectivity index (χ2v) is 21.9. The van der Waals surface area contributed by atoms with Crippen LogP contribution in [0.2, 0.25) is 0 Å². The summed E-state index contributed by atoms with van der Waals surface area (Å²) in [6.45, 7) is 24.2. The average Bonchev–Trinajstić information content (AvgIpc) is 3.49. The summed E-state index contributed by atoms with van der Waals surface area (Å²) in [5.41, 5.74) is 23.1. The van der Waals surface area contributed by atoms with Gasteiger partial charge in [0.15, 0.2) is 0 Å². The van der Waals surface area contributed by atoms with Crippen molar-refractivity contribution in [3.63, 3.8) is 0 Å². The van der Waals surface area contributed by atoms with Crippen molar-refractivity contribution in [2.45, 2.75) is 122 Å². The summed E-state index contributed by atoms with van der Waals surface area (Å²) < 4.78 is 0. The fourth-order valence-electron chi connectivity index (χ4n) is 11.5. The molecule has 312 valence electrons. The van der Waals surface area contributed by atoms with E-state index in [0.29, 0.717) is 0 Å². The lowest BCUT2D eigenvalue weighted by molar-refractivity contribution is 0.332. The van der Waals surface area contributed by atoms with Gasteiger partial charge in [-0.2, -0.15) is 0 Å². The molecule has 0 N–H and O–H groups in total. The van der Waals surface area contributed by atoms with Gasteiger partial charge in [-0.3, -0.25) is 0 Å². The second kappa shape index (κ2) is 14.2. The van der Waals surface area contributed by atoms with E-state index in [0.717, 1.165) is 11.4 Å². The zero-order chi connectivity index (χ0) is 43.4. The Morgan fingerprint density at radius 3 is 1.55 bits per heavy atom. The highest BCUT2D eigenvalue weighted by Crippen LogP contribution is 2.55. The molecular weight excluding hydrogens is 747 g/mol. The molecular formula is C61H63N. The van der Waals surface area contributed by atoms with E-state index in [9.17, 15) is 0 Å². The highest BCUT2D eigenvalue weighted by atomic mass is 15.1. The van der Waals surface area contributed by atoms with E-state index in [1.54, 1.807) is 0 Å². The molecule has 3 aliphatic rings. The van der Waals surface area contributed by atoms with Gasteiger partial charge in [-0.25, -0.2) is 0 Å². The van der Waals surface area contributed by atoms with Crippen molar-refractivity contribution in [1.82, 2.24) is 0 Å². The molecule has 0 aromatic heterocycles. The van der Waals surface area contributed by atoms with Gasteiger partial charge >= 0.3 is 0 Å². The Morgan fingerprint density at radius 2 is 0.839 bits per heavy atom. The van der Waals surface area contributed by atoms with E-state index < -0.39 is 0 Å². The molecule has 62 heavy (non-hydrogen) atoms. The zero-order valence-electron chi connectivity index (χ0n) is 38.7. The average molecular weight is 810 g/mol. The monoisotopic (exact) mass is 809 g/mol. The van der Waals surface area contributed by atoms with Gasteiger partial charge in [0.25, 0.3) is 0 Å². The molecule has 0 spiro atoms. The number of nitrogens with zero attached hydrogens (tertiary/aromatic N) is 1. The molecule has 0 atom stereocenters. The SMILES string of the molecule is CC1(C)CCC(C)(C)c2cc(-c3ccc(-c4cc5c(cc4N(c4ccccc4)c4ccc(-c6cccc7c6C(C)(C)CCC7(C)C)cc4)C(C)(C)c4ccccc4-5)cc3)ccc21. The highest BCUT2D eigenvalue weighted by molar-refractivity contribution is 5.95. The van der Waals surface area contributed by atoms with Crippen LogP contribution in [0.25, 0.3) is 44.5 Å². The highest BCUT2D eigenvalue weighted by Gasteiger charge is 2.40. The van der Waals surface area contributed by atoms with Crippen LogP contribution in [0.4, 0.5) is 17.1 Å². The first kappa shape index (κ1) is 40.4.